The number of carbonyl (C=O) groups is 1. The number of aromatic nitrogens is 2. The number of carbonyl (C=O) groups excluding carboxylic acids is 1. The number of benzene rings is 1. The molecule has 0 spiro atoms. The fourth-order valence-electron chi connectivity index (χ4n) is 3.58. The number of thioether (sulfide) groups is 1. The van der Waals surface area contributed by atoms with Crippen LogP contribution in [-0.4, -0.2) is 41.8 Å². The molecule has 4 rings (SSSR count). The summed E-state index contributed by atoms with van der Waals surface area (Å²) >= 11 is 3.11. The molecule has 0 fully saturated rings. The van der Waals surface area contributed by atoms with Crippen LogP contribution in [0.4, 0.5) is 5.69 Å². The van der Waals surface area contributed by atoms with E-state index >= 15 is 0 Å². The van der Waals surface area contributed by atoms with Crippen LogP contribution in [0, 0.1) is 0 Å². The smallest absolute Gasteiger partial charge is 0.259 e. The summed E-state index contributed by atoms with van der Waals surface area (Å²) in [5.41, 5.74) is 2.28. The Bertz CT molecular complexity index is 1060. The number of nitrogens with zero attached hydrogens (tertiary/aromatic N) is 2. The van der Waals surface area contributed by atoms with E-state index in [1.807, 2.05) is 37.4 Å². The van der Waals surface area contributed by atoms with Crippen molar-refractivity contribution in [2.45, 2.75) is 25.0 Å². The summed E-state index contributed by atoms with van der Waals surface area (Å²) in [5.74, 6) is 1.50. The minimum Gasteiger partial charge on any atom is -0.373 e. The van der Waals surface area contributed by atoms with Crippen molar-refractivity contribution in [3.05, 3.63) is 57.0 Å². The first kappa shape index (κ1) is 20.0. The summed E-state index contributed by atoms with van der Waals surface area (Å²) in [4.78, 5) is 36.3. The van der Waals surface area contributed by atoms with Crippen molar-refractivity contribution in [3.63, 3.8) is 0 Å². The molecule has 1 aromatic carbocycles. The van der Waals surface area contributed by atoms with Crippen molar-refractivity contribution >= 4 is 44.9 Å². The number of nitrogens with one attached hydrogen (secondary N) is 2. The molecule has 2 heterocycles. The topological polar surface area (TPSA) is 78.1 Å². The van der Waals surface area contributed by atoms with Gasteiger partial charge in [0, 0.05) is 30.7 Å². The van der Waals surface area contributed by atoms with Crippen molar-refractivity contribution in [1.82, 2.24) is 15.3 Å². The van der Waals surface area contributed by atoms with Crippen LogP contribution in [0.1, 0.15) is 22.7 Å². The van der Waals surface area contributed by atoms with Gasteiger partial charge in [-0.15, -0.1) is 23.1 Å². The van der Waals surface area contributed by atoms with Crippen LogP contribution >= 0.6 is 23.1 Å². The zero-order chi connectivity index (χ0) is 20.2. The third-order valence-electron chi connectivity index (χ3n) is 5.06. The van der Waals surface area contributed by atoms with E-state index in [2.05, 4.69) is 20.2 Å². The number of anilines is 1. The average Bonchev–Trinajstić information content (AvgIpc) is 3.29. The molecule has 0 radical (unpaired) electrons. The van der Waals surface area contributed by atoms with Crippen LogP contribution < -0.4 is 15.8 Å². The highest BCUT2D eigenvalue weighted by molar-refractivity contribution is 7.99. The summed E-state index contributed by atoms with van der Waals surface area (Å²) in [6.07, 6.45) is 3.16. The number of hydrogen-bond acceptors (Lipinski definition) is 6. The molecule has 0 bridgehead atoms. The fourth-order valence-corrected chi connectivity index (χ4v) is 5.58. The molecule has 0 saturated carbocycles. The maximum Gasteiger partial charge on any atom is 0.259 e. The number of aromatic amines is 1. The number of fused-ring (bicyclic) bond motifs is 3. The van der Waals surface area contributed by atoms with Crippen molar-refractivity contribution < 1.29 is 4.79 Å². The number of rotatable bonds is 8. The zero-order valence-electron chi connectivity index (χ0n) is 16.4. The van der Waals surface area contributed by atoms with Gasteiger partial charge in [0.15, 0.2) is 0 Å². The molecule has 0 saturated heterocycles. The van der Waals surface area contributed by atoms with E-state index in [-0.39, 0.29) is 11.5 Å². The van der Waals surface area contributed by atoms with E-state index in [0.29, 0.717) is 23.9 Å². The lowest BCUT2D eigenvalue weighted by Gasteiger charge is -2.19. The van der Waals surface area contributed by atoms with Gasteiger partial charge in [-0.3, -0.25) is 9.59 Å². The Hall–Kier alpha value is -2.32. The largest absolute Gasteiger partial charge is 0.373 e. The van der Waals surface area contributed by atoms with E-state index < -0.39 is 0 Å². The van der Waals surface area contributed by atoms with Crippen LogP contribution in [0.15, 0.2) is 35.1 Å². The van der Waals surface area contributed by atoms with Gasteiger partial charge in [0.1, 0.15) is 10.7 Å². The van der Waals surface area contributed by atoms with Gasteiger partial charge in [0.05, 0.1) is 16.9 Å². The van der Waals surface area contributed by atoms with Gasteiger partial charge in [-0.2, -0.15) is 0 Å². The second kappa shape index (κ2) is 9.00. The van der Waals surface area contributed by atoms with Crippen LogP contribution in [-0.2, 0) is 23.4 Å². The summed E-state index contributed by atoms with van der Waals surface area (Å²) in [5, 5.41) is 3.72. The Balaban J connectivity index is 1.24. The molecule has 6 nitrogen and oxygen atoms in total. The highest BCUT2D eigenvalue weighted by Crippen LogP contribution is 2.34. The standard InChI is InChI=1S/C21H24N4O2S2/c1-25(14-6-3-2-4-7-14)11-10-22-18(26)13-28-12-17-23-20(27)19-15-8-5-9-16(15)29-21(19)24-17/h2-4,6-7H,5,8-13H2,1H3,(H,22,26)(H,23,24,27). The quantitative estimate of drug-likeness (QED) is 0.577. The number of likely N-dealkylation sites (N-methyl/N-ethyl adjacent to an activating group) is 1. The van der Waals surface area contributed by atoms with Crippen molar-refractivity contribution in [1.29, 1.82) is 0 Å². The van der Waals surface area contributed by atoms with E-state index in [1.165, 1.54) is 22.2 Å². The van der Waals surface area contributed by atoms with Crippen LogP contribution in [0.5, 0.6) is 0 Å². The van der Waals surface area contributed by atoms with Crippen molar-refractivity contribution in [2.24, 2.45) is 0 Å². The Morgan fingerprint density at radius 1 is 1.31 bits per heavy atom. The maximum absolute atomic E-state index is 12.5. The Morgan fingerprint density at radius 2 is 2.14 bits per heavy atom. The van der Waals surface area contributed by atoms with Gasteiger partial charge in [-0.1, -0.05) is 18.2 Å². The van der Waals surface area contributed by atoms with Gasteiger partial charge in [-0.25, -0.2) is 4.98 Å². The van der Waals surface area contributed by atoms with Gasteiger partial charge >= 0.3 is 0 Å². The molecule has 152 valence electrons. The molecule has 1 aliphatic rings. The number of H-pyrrole nitrogens is 1. The van der Waals surface area contributed by atoms with Gasteiger partial charge in [-0.05, 0) is 37.0 Å². The molecule has 8 heteroatoms. The fraction of sp³-hybridized carbons (Fsp3) is 0.381. The second-order valence-electron chi connectivity index (χ2n) is 7.15. The highest BCUT2D eigenvalue weighted by atomic mass is 32.2. The predicted octanol–water partition coefficient (Wildman–Crippen LogP) is 2.96. The van der Waals surface area contributed by atoms with Crippen LogP contribution in [0.25, 0.3) is 10.2 Å². The molecular formula is C21H24N4O2S2. The third kappa shape index (κ3) is 4.64. The predicted molar refractivity (Wildman–Crippen MR) is 121 cm³/mol. The molecule has 3 aromatic rings. The Kier molecular flexibility index (Phi) is 6.20. The van der Waals surface area contributed by atoms with Gasteiger partial charge < -0.3 is 15.2 Å². The first-order chi connectivity index (χ1) is 14.1. The van der Waals surface area contributed by atoms with Gasteiger partial charge in [0.25, 0.3) is 5.56 Å². The van der Waals surface area contributed by atoms with Gasteiger partial charge in [0.2, 0.25) is 5.91 Å². The minimum absolute atomic E-state index is 0.00464. The molecule has 0 aliphatic heterocycles. The molecule has 2 aromatic heterocycles. The SMILES string of the molecule is CN(CCNC(=O)CSCc1nc2sc3c(c2c(=O)[nH]1)CCC3)c1ccccc1. The zero-order valence-corrected chi connectivity index (χ0v) is 18.0. The number of hydrogen-bond donors (Lipinski definition) is 2. The molecule has 0 unspecified atom stereocenters. The summed E-state index contributed by atoms with van der Waals surface area (Å²) in [7, 11) is 2.01. The minimum atomic E-state index is -0.0431. The summed E-state index contributed by atoms with van der Waals surface area (Å²) < 4.78 is 0. The summed E-state index contributed by atoms with van der Waals surface area (Å²) in [6, 6.07) is 10.1. The molecule has 2 N–H and O–H groups in total. The molecule has 1 aliphatic carbocycles. The maximum atomic E-state index is 12.5. The molecular weight excluding hydrogens is 404 g/mol. The van der Waals surface area contributed by atoms with E-state index in [4.69, 9.17) is 0 Å². The lowest BCUT2D eigenvalue weighted by Crippen LogP contribution is -2.33. The molecule has 29 heavy (non-hydrogen) atoms. The van der Waals surface area contributed by atoms with E-state index in [0.717, 1.165) is 41.7 Å². The lowest BCUT2D eigenvalue weighted by atomic mass is 10.2. The monoisotopic (exact) mass is 428 g/mol. The second-order valence-corrected chi connectivity index (χ2v) is 9.22. The number of amides is 1. The Morgan fingerprint density at radius 3 is 2.97 bits per heavy atom. The molecule has 0 atom stereocenters. The first-order valence-electron chi connectivity index (χ1n) is 9.76. The van der Waals surface area contributed by atoms with Crippen LogP contribution in [0.2, 0.25) is 0 Å². The molecule has 1 amide bonds. The van der Waals surface area contributed by atoms with Crippen LogP contribution in [0.3, 0.4) is 0 Å². The van der Waals surface area contributed by atoms with Crippen molar-refractivity contribution in [3.8, 4) is 0 Å². The normalized spacial score (nSPS) is 12.9. The summed E-state index contributed by atoms with van der Waals surface area (Å²) in [6.45, 7) is 1.33. The average molecular weight is 429 g/mol. The van der Waals surface area contributed by atoms with E-state index in [1.54, 1.807) is 11.3 Å². The first-order valence-corrected chi connectivity index (χ1v) is 11.7. The number of thiophene rings is 1. The lowest BCUT2D eigenvalue weighted by molar-refractivity contribution is -0.118. The third-order valence-corrected chi connectivity index (χ3v) is 7.19. The number of aryl methyl sites for hydroxylation is 2. The van der Waals surface area contributed by atoms with Crippen molar-refractivity contribution in [2.75, 3.05) is 30.8 Å². The van der Waals surface area contributed by atoms with E-state index in [9.17, 15) is 9.59 Å². The highest BCUT2D eigenvalue weighted by Gasteiger charge is 2.21. The number of para-hydroxylation sites is 1. The Labute approximate surface area is 177 Å².